The van der Waals surface area contributed by atoms with Crippen LogP contribution in [0.5, 0.6) is 0 Å². The summed E-state index contributed by atoms with van der Waals surface area (Å²) < 4.78 is 0. The van der Waals surface area contributed by atoms with E-state index >= 15 is 0 Å². The Kier molecular flexibility index (Phi) is 6.51. The van der Waals surface area contributed by atoms with E-state index in [0.717, 1.165) is 37.8 Å². The van der Waals surface area contributed by atoms with E-state index in [-0.39, 0.29) is 0 Å². The second-order valence-corrected chi connectivity index (χ2v) is 7.73. The number of piperidine rings is 1. The zero-order valence-corrected chi connectivity index (χ0v) is 14.4. The van der Waals surface area contributed by atoms with Gasteiger partial charge in [0.05, 0.1) is 5.60 Å². The van der Waals surface area contributed by atoms with E-state index < -0.39 is 5.60 Å². The van der Waals surface area contributed by atoms with Crippen LogP contribution < -0.4 is 5.32 Å². The molecule has 2 aliphatic rings. The minimum Gasteiger partial charge on any atom is -0.389 e. The van der Waals surface area contributed by atoms with Crippen LogP contribution in [0.25, 0.3) is 0 Å². The van der Waals surface area contributed by atoms with Gasteiger partial charge in [0.1, 0.15) is 0 Å². The molecule has 0 aromatic carbocycles. The Bertz CT molecular complexity index is 306. The molecule has 3 nitrogen and oxygen atoms in total. The van der Waals surface area contributed by atoms with E-state index in [1.807, 2.05) is 6.92 Å². The van der Waals surface area contributed by atoms with Crippen molar-refractivity contribution in [1.82, 2.24) is 10.2 Å². The average molecular weight is 296 g/mol. The van der Waals surface area contributed by atoms with Crippen LogP contribution in [0.15, 0.2) is 0 Å². The molecule has 1 heterocycles. The summed E-state index contributed by atoms with van der Waals surface area (Å²) in [5.74, 6) is 1.70. The van der Waals surface area contributed by atoms with Crippen LogP contribution in [0.2, 0.25) is 0 Å². The van der Waals surface area contributed by atoms with Gasteiger partial charge in [-0.1, -0.05) is 26.7 Å². The van der Waals surface area contributed by atoms with Gasteiger partial charge in [-0.2, -0.15) is 0 Å². The van der Waals surface area contributed by atoms with E-state index in [1.165, 1.54) is 45.2 Å². The Balaban J connectivity index is 1.92. The van der Waals surface area contributed by atoms with Crippen molar-refractivity contribution in [3.05, 3.63) is 0 Å². The molecule has 0 aromatic rings. The molecule has 4 unspecified atom stereocenters. The Morgan fingerprint density at radius 2 is 2.10 bits per heavy atom. The highest BCUT2D eigenvalue weighted by atomic mass is 16.3. The summed E-state index contributed by atoms with van der Waals surface area (Å²) >= 11 is 0. The van der Waals surface area contributed by atoms with Gasteiger partial charge in [-0.05, 0) is 64.0 Å². The molecule has 1 saturated carbocycles. The number of rotatable bonds is 6. The normalized spacial score (nSPS) is 38.6. The van der Waals surface area contributed by atoms with Gasteiger partial charge in [0.2, 0.25) is 0 Å². The molecule has 1 saturated heterocycles. The summed E-state index contributed by atoms with van der Waals surface area (Å²) in [7, 11) is 0. The van der Waals surface area contributed by atoms with Gasteiger partial charge in [0.15, 0.2) is 0 Å². The van der Waals surface area contributed by atoms with Crippen LogP contribution in [0, 0.1) is 11.8 Å². The highest BCUT2D eigenvalue weighted by molar-refractivity contribution is 4.89. The smallest absolute Gasteiger partial charge is 0.0746 e. The fraction of sp³-hybridized carbons (Fsp3) is 1.00. The summed E-state index contributed by atoms with van der Waals surface area (Å²) in [5.41, 5.74) is -0.469. The van der Waals surface area contributed by atoms with Gasteiger partial charge in [-0.15, -0.1) is 0 Å². The van der Waals surface area contributed by atoms with Crippen LogP contribution in [0.3, 0.4) is 0 Å². The lowest BCUT2D eigenvalue weighted by molar-refractivity contribution is -0.0246. The predicted molar refractivity (Wildman–Crippen MR) is 89.5 cm³/mol. The van der Waals surface area contributed by atoms with Gasteiger partial charge in [0.25, 0.3) is 0 Å². The van der Waals surface area contributed by atoms with Crippen molar-refractivity contribution in [1.29, 1.82) is 0 Å². The molecule has 4 atom stereocenters. The predicted octanol–water partition coefficient (Wildman–Crippen LogP) is 3.03. The summed E-state index contributed by atoms with van der Waals surface area (Å²) in [6, 6.07) is 0.690. The van der Waals surface area contributed by atoms with Crippen molar-refractivity contribution in [3.63, 3.8) is 0 Å². The fourth-order valence-electron chi connectivity index (χ4n) is 4.58. The van der Waals surface area contributed by atoms with E-state index in [0.29, 0.717) is 6.04 Å². The second kappa shape index (κ2) is 7.94. The Labute approximate surface area is 131 Å². The Morgan fingerprint density at radius 1 is 1.29 bits per heavy atom. The van der Waals surface area contributed by atoms with E-state index in [2.05, 4.69) is 24.1 Å². The van der Waals surface area contributed by atoms with Gasteiger partial charge in [-0.3, -0.25) is 0 Å². The first-order chi connectivity index (χ1) is 10.0. The molecule has 0 spiro atoms. The van der Waals surface area contributed by atoms with Crippen molar-refractivity contribution in [2.45, 2.75) is 77.4 Å². The van der Waals surface area contributed by atoms with Gasteiger partial charge < -0.3 is 15.3 Å². The largest absolute Gasteiger partial charge is 0.389 e. The number of nitrogens with one attached hydrogen (secondary N) is 1. The zero-order valence-electron chi connectivity index (χ0n) is 14.4. The third-order valence-electron chi connectivity index (χ3n) is 5.50. The molecule has 3 heteroatoms. The number of nitrogens with zero attached hydrogens (tertiary/aromatic N) is 1. The molecule has 0 aromatic heterocycles. The molecule has 2 fully saturated rings. The first-order valence-electron chi connectivity index (χ1n) is 9.22. The molecule has 2 N–H and O–H groups in total. The highest BCUT2D eigenvalue weighted by Crippen LogP contribution is 2.33. The molecule has 21 heavy (non-hydrogen) atoms. The zero-order chi connectivity index (χ0) is 15.3. The summed E-state index contributed by atoms with van der Waals surface area (Å²) in [6.45, 7) is 10.8. The number of hydrogen-bond donors (Lipinski definition) is 2. The molecule has 0 bridgehead atoms. The number of likely N-dealkylation sites (tertiary alicyclic amines) is 1. The SMILES string of the molecule is CCCC1CCC(NCC)C(CN2CCCC(C)(O)C2)C1. The molecule has 0 radical (unpaired) electrons. The van der Waals surface area contributed by atoms with Crippen LogP contribution >= 0.6 is 0 Å². The van der Waals surface area contributed by atoms with E-state index in [1.54, 1.807) is 0 Å². The van der Waals surface area contributed by atoms with Crippen molar-refractivity contribution in [2.75, 3.05) is 26.2 Å². The molecule has 0 amide bonds. The second-order valence-electron chi connectivity index (χ2n) is 7.73. The topological polar surface area (TPSA) is 35.5 Å². The number of hydrogen-bond acceptors (Lipinski definition) is 3. The summed E-state index contributed by atoms with van der Waals surface area (Å²) in [6.07, 6.45) is 8.94. The quantitative estimate of drug-likeness (QED) is 0.791. The third kappa shape index (κ3) is 5.22. The van der Waals surface area contributed by atoms with Gasteiger partial charge in [0, 0.05) is 19.1 Å². The maximum absolute atomic E-state index is 10.3. The van der Waals surface area contributed by atoms with E-state index in [9.17, 15) is 5.11 Å². The fourth-order valence-corrected chi connectivity index (χ4v) is 4.58. The summed E-state index contributed by atoms with van der Waals surface area (Å²) in [4.78, 5) is 2.52. The van der Waals surface area contributed by atoms with Crippen molar-refractivity contribution >= 4 is 0 Å². The lowest BCUT2D eigenvalue weighted by Crippen LogP contribution is -2.51. The molecule has 1 aliphatic carbocycles. The molecule has 124 valence electrons. The highest BCUT2D eigenvalue weighted by Gasteiger charge is 2.34. The minimum atomic E-state index is -0.469. The molecule has 2 rings (SSSR count). The third-order valence-corrected chi connectivity index (χ3v) is 5.50. The van der Waals surface area contributed by atoms with Gasteiger partial charge >= 0.3 is 0 Å². The minimum absolute atomic E-state index is 0.469. The lowest BCUT2D eigenvalue weighted by atomic mass is 9.75. The van der Waals surface area contributed by atoms with Crippen LogP contribution in [0.1, 0.15) is 65.7 Å². The van der Waals surface area contributed by atoms with Crippen molar-refractivity contribution in [2.24, 2.45) is 11.8 Å². The van der Waals surface area contributed by atoms with Crippen LogP contribution in [-0.4, -0.2) is 47.8 Å². The number of β-amino-alcohol motifs (C(OH)–C–C–N with tert-alkyl or cyclic N) is 1. The number of aliphatic hydroxyl groups is 1. The standard InChI is InChI=1S/C18H36N2O/c1-4-7-15-8-9-17(19-5-2)16(12-15)13-20-11-6-10-18(3,21)14-20/h15-17,19,21H,4-14H2,1-3H3. The van der Waals surface area contributed by atoms with Crippen LogP contribution in [0.4, 0.5) is 0 Å². The Morgan fingerprint density at radius 3 is 2.76 bits per heavy atom. The van der Waals surface area contributed by atoms with Gasteiger partial charge in [-0.25, -0.2) is 0 Å². The maximum Gasteiger partial charge on any atom is 0.0746 e. The first kappa shape index (κ1) is 17.2. The maximum atomic E-state index is 10.3. The molecular weight excluding hydrogens is 260 g/mol. The summed E-state index contributed by atoms with van der Waals surface area (Å²) in [5, 5.41) is 14.0. The van der Waals surface area contributed by atoms with Crippen LogP contribution in [-0.2, 0) is 0 Å². The van der Waals surface area contributed by atoms with Crippen molar-refractivity contribution < 1.29 is 5.11 Å². The first-order valence-corrected chi connectivity index (χ1v) is 9.22. The lowest BCUT2D eigenvalue weighted by Gasteiger charge is -2.43. The molecule has 1 aliphatic heterocycles. The van der Waals surface area contributed by atoms with E-state index in [4.69, 9.17) is 0 Å². The Hall–Kier alpha value is -0.120. The van der Waals surface area contributed by atoms with Crippen molar-refractivity contribution in [3.8, 4) is 0 Å². The molecular formula is C18H36N2O. The monoisotopic (exact) mass is 296 g/mol. The average Bonchev–Trinajstić information content (AvgIpc) is 2.41.